The van der Waals surface area contributed by atoms with E-state index in [0.29, 0.717) is 0 Å². The molecule has 0 saturated carbocycles. The van der Waals surface area contributed by atoms with Crippen molar-refractivity contribution < 1.29 is 0 Å². The lowest BCUT2D eigenvalue weighted by atomic mass is 10.1. The first-order valence-corrected chi connectivity index (χ1v) is 5.97. The van der Waals surface area contributed by atoms with Crippen LogP contribution in [-0.4, -0.2) is 4.98 Å². The number of aryl methyl sites for hydroxylation is 2. The average molecular weight is 193 g/mol. The third kappa shape index (κ3) is 3.99. The second-order valence-electron chi connectivity index (χ2n) is 4.15. The van der Waals surface area contributed by atoms with E-state index in [9.17, 15) is 0 Å². The van der Waals surface area contributed by atoms with E-state index in [1.165, 1.54) is 56.2 Å². The number of hydrogen-bond acceptors (Lipinski definition) is 0. The smallest absolute Gasteiger partial charge is 0.0148 e. The zero-order chi connectivity index (χ0) is 10.2. The van der Waals surface area contributed by atoms with Crippen LogP contribution in [0.1, 0.15) is 56.7 Å². The van der Waals surface area contributed by atoms with Gasteiger partial charge >= 0.3 is 0 Å². The van der Waals surface area contributed by atoms with Gasteiger partial charge in [-0.25, -0.2) is 0 Å². The monoisotopic (exact) mass is 193 g/mol. The van der Waals surface area contributed by atoms with Crippen molar-refractivity contribution in [3.05, 3.63) is 23.5 Å². The highest BCUT2D eigenvalue weighted by molar-refractivity contribution is 5.18. The minimum absolute atomic E-state index is 1.25. The molecule has 0 aromatic carbocycles. The molecule has 1 aromatic heterocycles. The summed E-state index contributed by atoms with van der Waals surface area (Å²) in [7, 11) is 0. The molecule has 14 heavy (non-hydrogen) atoms. The summed E-state index contributed by atoms with van der Waals surface area (Å²) in [5.74, 6) is 0. The Morgan fingerprint density at radius 1 is 1.07 bits per heavy atom. The zero-order valence-corrected chi connectivity index (χ0v) is 9.60. The van der Waals surface area contributed by atoms with Crippen LogP contribution in [0, 0.1) is 6.92 Å². The SMILES string of the molecule is CCCCCCCCc1cc[nH]c1C. The predicted octanol–water partition coefficient (Wildman–Crippen LogP) is 4.23. The first-order valence-electron chi connectivity index (χ1n) is 5.97. The van der Waals surface area contributed by atoms with Crippen LogP contribution in [-0.2, 0) is 6.42 Å². The molecule has 0 atom stereocenters. The molecular formula is C13H23N. The Morgan fingerprint density at radius 3 is 2.43 bits per heavy atom. The van der Waals surface area contributed by atoms with E-state index in [2.05, 4.69) is 24.9 Å². The molecule has 1 rings (SSSR count). The van der Waals surface area contributed by atoms with Crippen LogP contribution in [0.25, 0.3) is 0 Å². The average Bonchev–Trinajstić information content (AvgIpc) is 2.58. The van der Waals surface area contributed by atoms with Gasteiger partial charge in [-0.05, 0) is 31.4 Å². The third-order valence-electron chi connectivity index (χ3n) is 2.87. The summed E-state index contributed by atoms with van der Waals surface area (Å²) in [5.41, 5.74) is 2.85. The van der Waals surface area contributed by atoms with E-state index < -0.39 is 0 Å². The van der Waals surface area contributed by atoms with Gasteiger partial charge in [0, 0.05) is 11.9 Å². The van der Waals surface area contributed by atoms with Gasteiger partial charge in [-0.15, -0.1) is 0 Å². The number of rotatable bonds is 7. The second-order valence-corrected chi connectivity index (χ2v) is 4.15. The Morgan fingerprint density at radius 2 is 1.79 bits per heavy atom. The summed E-state index contributed by atoms with van der Waals surface area (Å²) >= 11 is 0. The second kappa shape index (κ2) is 6.69. The fourth-order valence-corrected chi connectivity index (χ4v) is 1.85. The highest BCUT2D eigenvalue weighted by atomic mass is 14.7. The minimum atomic E-state index is 1.25. The van der Waals surface area contributed by atoms with E-state index in [1.807, 2.05) is 6.20 Å². The number of unbranched alkanes of at least 4 members (excludes halogenated alkanes) is 5. The molecule has 0 spiro atoms. The maximum Gasteiger partial charge on any atom is 0.0148 e. The van der Waals surface area contributed by atoms with Crippen LogP contribution in [0.5, 0.6) is 0 Å². The molecule has 80 valence electrons. The summed E-state index contributed by atoms with van der Waals surface area (Å²) in [5, 5.41) is 0. The lowest BCUT2D eigenvalue weighted by Gasteiger charge is -2.00. The van der Waals surface area contributed by atoms with Gasteiger partial charge in [0.15, 0.2) is 0 Å². The molecule has 0 amide bonds. The number of aromatic amines is 1. The van der Waals surface area contributed by atoms with E-state index >= 15 is 0 Å². The van der Waals surface area contributed by atoms with Crippen molar-refractivity contribution in [2.24, 2.45) is 0 Å². The molecule has 1 aromatic rings. The first kappa shape index (κ1) is 11.4. The summed E-state index contributed by atoms with van der Waals surface area (Å²) < 4.78 is 0. The lowest BCUT2D eigenvalue weighted by Crippen LogP contribution is -1.86. The molecule has 1 heterocycles. The molecule has 0 aliphatic rings. The summed E-state index contributed by atoms with van der Waals surface area (Å²) in [6.45, 7) is 4.43. The molecular weight excluding hydrogens is 170 g/mol. The van der Waals surface area contributed by atoms with Gasteiger partial charge in [0.2, 0.25) is 0 Å². The Labute approximate surface area is 87.9 Å². The van der Waals surface area contributed by atoms with Crippen LogP contribution < -0.4 is 0 Å². The fraction of sp³-hybridized carbons (Fsp3) is 0.692. The Kier molecular flexibility index (Phi) is 5.43. The summed E-state index contributed by atoms with van der Waals surface area (Å²) in [6, 6.07) is 2.21. The molecule has 0 fully saturated rings. The Balaban J connectivity index is 2.02. The number of hydrogen-bond donors (Lipinski definition) is 1. The van der Waals surface area contributed by atoms with E-state index in [-0.39, 0.29) is 0 Å². The third-order valence-corrected chi connectivity index (χ3v) is 2.87. The van der Waals surface area contributed by atoms with Gasteiger partial charge in [0.05, 0.1) is 0 Å². The number of H-pyrrole nitrogens is 1. The maximum atomic E-state index is 3.23. The normalized spacial score (nSPS) is 10.7. The van der Waals surface area contributed by atoms with Gasteiger partial charge < -0.3 is 4.98 Å². The van der Waals surface area contributed by atoms with Crippen molar-refractivity contribution in [3.8, 4) is 0 Å². The largest absolute Gasteiger partial charge is 0.365 e. The maximum absolute atomic E-state index is 3.23. The van der Waals surface area contributed by atoms with Gasteiger partial charge in [0.1, 0.15) is 0 Å². The van der Waals surface area contributed by atoms with Crippen molar-refractivity contribution in [1.82, 2.24) is 4.98 Å². The van der Waals surface area contributed by atoms with Crippen molar-refractivity contribution >= 4 is 0 Å². The highest BCUT2D eigenvalue weighted by Crippen LogP contribution is 2.11. The van der Waals surface area contributed by atoms with Gasteiger partial charge in [-0.2, -0.15) is 0 Å². The highest BCUT2D eigenvalue weighted by Gasteiger charge is 1.97. The molecule has 1 N–H and O–H groups in total. The molecule has 0 saturated heterocycles. The van der Waals surface area contributed by atoms with Crippen LogP contribution in [0.4, 0.5) is 0 Å². The van der Waals surface area contributed by atoms with Crippen LogP contribution in [0.3, 0.4) is 0 Å². The molecule has 0 radical (unpaired) electrons. The van der Waals surface area contributed by atoms with Crippen molar-refractivity contribution in [2.45, 2.75) is 58.8 Å². The number of nitrogens with one attached hydrogen (secondary N) is 1. The quantitative estimate of drug-likeness (QED) is 0.624. The van der Waals surface area contributed by atoms with Crippen molar-refractivity contribution in [2.75, 3.05) is 0 Å². The Hall–Kier alpha value is -0.720. The Bertz CT molecular complexity index is 237. The van der Waals surface area contributed by atoms with E-state index in [0.717, 1.165) is 0 Å². The molecule has 0 bridgehead atoms. The van der Waals surface area contributed by atoms with Crippen LogP contribution >= 0.6 is 0 Å². The molecule has 0 aliphatic heterocycles. The molecule has 0 aliphatic carbocycles. The predicted molar refractivity (Wildman–Crippen MR) is 62.6 cm³/mol. The first-order chi connectivity index (χ1) is 6.84. The lowest BCUT2D eigenvalue weighted by molar-refractivity contribution is 0.607. The fourth-order valence-electron chi connectivity index (χ4n) is 1.85. The number of aromatic nitrogens is 1. The van der Waals surface area contributed by atoms with Gasteiger partial charge in [-0.3, -0.25) is 0 Å². The van der Waals surface area contributed by atoms with Gasteiger partial charge in [-0.1, -0.05) is 39.0 Å². The minimum Gasteiger partial charge on any atom is -0.365 e. The van der Waals surface area contributed by atoms with E-state index in [4.69, 9.17) is 0 Å². The summed E-state index contributed by atoms with van der Waals surface area (Å²) in [6.07, 6.45) is 11.6. The summed E-state index contributed by atoms with van der Waals surface area (Å²) in [4.78, 5) is 3.23. The molecule has 1 nitrogen and oxygen atoms in total. The van der Waals surface area contributed by atoms with Crippen LogP contribution in [0.15, 0.2) is 12.3 Å². The topological polar surface area (TPSA) is 15.8 Å². The molecule has 0 unspecified atom stereocenters. The van der Waals surface area contributed by atoms with Crippen molar-refractivity contribution in [3.63, 3.8) is 0 Å². The zero-order valence-electron chi connectivity index (χ0n) is 9.60. The van der Waals surface area contributed by atoms with Crippen LogP contribution in [0.2, 0.25) is 0 Å². The molecule has 1 heteroatoms. The van der Waals surface area contributed by atoms with E-state index in [1.54, 1.807) is 0 Å². The standard InChI is InChI=1S/C13H23N/c1-3-4-5-6-7-8-9-13-10-11-14-12(13)2/h10-11,14H,3-9H2,1-2H3. The van der Waals surface area contributed by atoms with Gasteiger partial charge in [0.25, 0.3) is 0 Å². The van der Waals surface area contributed by atoms with Crippen molar-refractivity contribution in [1.29, 1.82) is 0 Å².